The standard InChI is InChI=1S/C14H16F2N2O2/c1-19-11-3-2-10-4-5-17-14(12(10)8-11)18-6-7-20-9-13(15)16/h2-5,8,13H,6-7,9H2,1H3,(H,17,18). The van der Waals surface area contributed by atoms with Crippen LogP contribution < -0.4 is 10.1 Å². The van der Waals surface area contributed by atoms with Crippen LogP contribution in [0, 0.1) is 0 Å². The number of alkyl halides is 2. The molecule has 0 amide bonds. The van der Waals surface area contributed by atoms with Crippen LogP contribution in [0.2, 0.25) is 0 Å². The van der Waals surface area contributed by atoms with Crippen LogP contribution in [0.15, 0.2) is 30.5 Å². The number of anilines is 1. The summed E-state index contributed by atoms with van der Waals surface area (Å²) < 4.78 is 33.8. The van der Waals surface area contributed by atoms with Gasteiger partial charge in [0.25, 0.3) is 6.43 Å². The lowest BCUT2D eigenvalue weighted by molar-refractivity contribution is 0.0215. The number of halogens is 2. The van der Waals surface area contributed by atoms with Crippen molar-refractivity contribution in [3.8, 4) is 5.75 Å². The minimum atomic E-state index is -2.44. The quantitative estimate of drug-likeness (QED) is 0.793. The highest BCUT2D eigenvalue weighted by molar-refractivity contribution is 5.92. The Morgan fingerprint density at radius 2 is 2.15 bits per heavy atom. The summed E-state index contributed by atoms with van der Waals surface area (Å²) >= 11 is 0. The van der Waals surface area contributed by atoms with Crippen LogP contribution in [0.25, 0.3) is 10.8 Å². The van der Waals surface area contributed by atoms with E-state index in [1.165, 1.54) is 0 Å². The Labute approximate surface area is 115 Å². The number of benzene rings is 1. The molecule has 20 heavy (non-hydrogen) atoms. The molecule has 2 rings (SSSR count). The van der Waals surface area contributed by atoms with Gasteiger partial charge in [0.05, 0.1) is 13.7 Å². The second kappa shape index (κ2) is 7.00. The summed E-state index contributed by atoms with van der Waals surface area (Å²) in [7, 11) is 1.60. The van der Waals surface area contributed by atoms with E-state index in [9.17, 15) is 8.78 Å². The van der Waals surface area contributed by atoms with Gasteiger partial charge in [0.2, 0.25) is 0 Å². The fourth-order valence-electron chi connectivity index (χ4n) is 1.83. The van der Waals surface area contributed by atoms with Crippen molar-refractivity contribution >= 4 is 16.6 Å². The van der Waals surface area contributed by atoms with Crippen molar-refractivity contribution < 1.29 is 18.3 Å². The smallest absolute Gasteiger partial charge is 0.261 e. The van der Waals surface area contributed by atoms with Gasteiger partial charge in [0.15, 0.2) is 0 Å². The molecule has 0 aliphatic carbocycles. The first-order valence-corrected chi connectivity index (χ1v) is 6.23. The van der Waals surface area contributed by atoms with E-state index in [-0.39, 0.29) is 6.61 Å². The van der Waals surface area contributed by atoms with Crippen molar-refractivity contribution in [2.75, 3.05) is 32.2 Å². The van der Waals surface area contributed by atoms with Crippen LogP contribution in [-0.4, -0.2) is 38.3 Å². The monoisotopic (exact) mass is 282 g/mol. The molecule has 1 N–H and O–H groups in total. The molecule has 0 atom stereocenters. The van der Waals surface area contributed by atoms with Gasteiger partial charge in [-0.2, -0.15) is 0 Å². The van der Waals surface area contributed by atoms with E-state index in [4.69, 9.17) is 9.47 Å². The van der Waals surface area contributed by atoms with E-state index in [1.54, 1.807) is 13.3 Å². The Bertz CT molecular complexity index is 564. The van der Waals surface area contributed by atoms with Crippen molar-refractivity contribution in [2.45, 2.75) is 6.43 Å². The Hall–Kier alpha value is -1.95. The zero-order valence-corrected chi connectivity index (χ0v) is 11.1. The number of fused-ring (bicyclic) bond motifs is 1. The van der Waals surface area contributed by atoms with E-state index in [0.29, 0.717) is 12.4 Å². The van der Waals surface area contributed by atoms with Gasteiger partial charge in [-0.15, -0.1) is 0 Å². The van der Waals surface area contributed by atoms with Crippen molar-refractivity contribution in [2.24, 2.45) is 0 Å². The zero-order chi connectivity index (χ0) is 14.4. The number of hydrogen-bond acceptors (Lipinski definition) is 4. The molecule has 1 aromatic carbocycles. The maximum atomic E-state index is 11.9. The Morgan fingerprint density at radius 3 is 2.90 bits per heavy atom. The number of hydrogen-bond donors (Lipinski definition) is 1. The van der Waals surface area contributed by atoms with Crippen LogP contribution in [0.5, 0.6) is 5.75 Å². The lowest BCUT2D eigenvalue weighted by Gasteiger charge is -2.10. The van der Waals surface area contributed by atoms with Gasteiger partial charge in [0, 0.05) is 18.1 Å². The third-order valence-electron chi connectivity index (χ3n) is 2.76. The van der Waals surface area contributed by atoms with Crippen molar-refractivity contribution in [3.05, 3.63) is 30.5 Å². The molecule has 0 spiro atoms. The molecule has 0 fully saturated rings. The maximum absolute atomic E-state index is 11.9. The van der Waals surface area contributed by atoms with Gasteiger partial charge in [-0.1, -0.05) is 6.07 Å². The molecule has 0 saturated carbocycles. The highest BCUT2D eigenvalue weighted by Crippen LogP contribution is 2.25. The van der Waals surface area contributed by atoms with Gasteiger partial charge in [0.1, 0.15) is 18.2 Å². The van der Waals surface area contributed by atoms with E-state index >= 15 is 0 Å². The van der Waals surface area contributed by atoms with Crippen LogP contribution in [0.3, 0.4) is 0 Å². The third-order valence-corrected chi connectivity index (χ3v) is 2.76. The normalized spacial score (nSPS) is 11.0. The van der Waals surface area contributed by atoms with E-state index in [1.807, 2.05) is 24.3 Å². The van der Waals surface area contributed by atoms with Gasteiger partial charge < -0.3 is 14.8 Å². The number of aromatic nitrogens is 1. The lowest BCUT2D eigenvalue weighted by Crippen LogP contribution is -2.13. The molecule has 0 saturated heterocycles. The number of ether oxygens (including phenoxy) is 2. The number of nitrogens with one attached hydrogen (secondary N) is 1. The SMILES string of the molecule is COc1ccc2ccnc(NCCOCC(F)F)c2c1. The van der Waals surface area contributed by atoms with Crippen molar-refractivity contribution in [3.63, 3.8) is 0 Å². The topological polar surface area (TPSA) is 43.4 Å². The molecule has 0 aliphatic heterocycles. The Morgan fingerprint density at radius 1 is 1.30 bits per heavy atom. The highest BCUT2D eigenvalue weighted by Gasteiger charge is 2.04. The van der Waals surface area contributed by atoms with Crippen LogP contribution in [0.4, 0.5) is 14.6 Å². The average Bonchev–Trinajstić information content (AvgIpc) is 2.46. The average molecular weight is 282 g/mol. The summed E-state index contributed by atoms with van der Waals surface area (Å²) in [5.41, 5.74) is 0. The first-order valence-electron chi connectivity index (χ1n) is 6.23. The first-order chi connectivity index (χ1) is 9.70. The molecular formula is C14H16F2N2O2. The number of nitrogens with zero attached hydrogens (tertiary/aromatic N) is 1. The molecule has 2 aromatic rings. The molecule has 1 heterocycles. The Kier molecular flexibility index (Phi) is 5.06. The largest absolute Gasteiger partial charge is 0.497 e. The molecule has 0 bridgehead atoms. The van der Waals surface area contributed by atoms with Gasteiger partial charge in [-0.05, 0) is 23.6 Å². The summed E-state index contributed by atoms with van der Waals surface area (Å²) in [5, 5.41) is 5.02. The van der Waals surface area contributed by atoms with Crippen LogP contribution >= 0.6 is 0 Å². The molecule has 108 valence electrons. The lowest BCUT2D eigenvalue weighted by atomic mass is 10.1. The molecule has 6 heteroatoms. The summed E-state index contributed by atoms with van der Waals surface area (Å²) in [6.07, 6.45) is -0.744. The minimum Gasteiger partial charge on any atom is -0.497 e. The fourth-order valence-corrected chi connectivity index (χ4v) is 1.83. The summed E-state index contributed by atoms with van der Waals surface area (Å²) in [4.78, 5) is 4.24. The van der Waals surface area contributed by atoms with Gasteiger partial charge >= 0.3 is 0 Å². The highest BCUT2D eigenvalue weighted by atomic mass is 19.3. The van der Waals surface area contributed by atoms with Gasteiger partial charge in [-0.3, -0.25) is 0 Å². The number of pyridine rings is 1. The summed E-state index contributed by atoms with van der Waals surface area (Å²) in [6, 6.07) is 7.59. The van der Waals surface area contributed by atoms with Crippen LogP contribution in [-0.2, 0) is 4.74 Å². The van der Waals surface area contributed by atoms with Crippen molar-refractivity contribution in [1.82, 2.24) is 4.98 Å². The maximum Gasteiger partial charge on any atom is 0.261 e. The molecule has 0 radical (unpaired) electrons. The number of rotatable bonds is 7. The van der Waals surface area contributed by atoms with E-state index in [0.717, 1.165) is 16.5 Å². The third kappa shape index (κ3) is 3.77. The Balaban J connectivity index is 2.02. The summed E-state index contributed by atoms with van der Waals surface area (Å²) in [5.74, 6) is 1.42. The minimum absolute atomic E-state index is 0.201. The zero-order valence-electron chi connectivity index (χ0n) is 11.1. The van der Waals surface area contributed by atoms with Crippen molar-refractivity contribution in [1.29, 1.82) is 0 Å². The predicted octanol–water partition coefficient (Wildman–Crippen LogP) is 2.94. The number of methoxy groups -OCH3 is 1. The van der Waals surface area contributed by atoms with E-state index < -0.39 is 13.0 Å². The summed E-state index contributed by atoms with van der Waals surface area (Å²) in [6.45, 7) is 0.0703. The predicted molar refractivity (Wildman–Crippen MR) is 73.6 cm³/mol. The first kappa shape index (κ1) is 14.5. The van der Waals surface area contributed by atoms with Crippen LogP contribution in [0.1, 0.15) is 0 Å². The fraction of sp³-hybridized carbons (Fsp3) is 0.357. The van der Waals surface area contributed by atoms with E-state index in [2.05, 4.69) is 10.3 Å². The second-order valence-electron chi connectivity index (χ2n) is 4.14. The molecule has 1 aromatic heterocycles. The molecule has 0 aliphatic rings. The van der Waals surface area contributed by atoms with Gasteiger partial charge in [-0.25, -0.2) is 13.8 Å². The molecular weight excluding hydrogens is 266 g/mol. The second-order valence-corrected chi connectivity index (χ2v) is 4.14. The molecule has 4 nitrogen and oxygen atoms in total. The molecule has 0 unspecified atom stereocenters.